The van der Waals surface area contributed by atoms with Gasteiger partial charge in [-0.15, -0.1) is 0 Å². The Morgan fingerprint density at radius 2 is 1.84 bits per heavy atom. The first-order chi connectivity index (χ1) is 26.4. The highest BCUT2D eigenvalue weighted by molar-refractivity contribution is 6.08. The van der Waals surface area contributed by atoms with Gasteiger partial charge >= 0.3 is 5.69 Å². The smallest absolute Gasteiger partial charge is 0.329 e. The zero-order valence-electron chi connectivity index (χ0n) is 29.9. The van der Waals surface area contributed by atoms with Gasteiger partial charge in [0, 0.05) is 58.2 Å². The lowest BCUT2D eigenvalue weighted by Crippen LogP contribution is -2.51. The van der Waals surface area contributed by atoms with Crippen molar-refractivity contribution >= 4 is 51.7 Å². The Bertz CT molecular complexity index is 2380. The van der Waals surface area contributed by atoms with Crippen molar-refractivity contribution in [2.24, 2.45) is 7.05 Å². The highest BCUT2D eigenvalue weighted by Crippen LogP contribution is 2.39. The van der Waals surface area contributed by atoms with Gasteiger partial charge in [-0.25, -0.2) is 23.1 Å². The Morgan fingerprint density at radius 3 is 2.56 bits per heavy atom. The number of hydrogen-bond acceptors (Lipinski definition) is 10. The number of imidazole rings is 1. The number of fused-ring (bicyclic) bond motifs is 2. The fourth-order valence-corrected chi connectivity index (χ4v) is 8.10. The fourth-order valence-electron chi connectivity index (χ4n) is 8.10. The molecule has 0 spiro atoms. The Balaban J connectivity index is 0.887. The number of rotatable bonds is 8. The van der Waals surface area contributed by atoms with E-state index in [2.05, 4.69) is 30.7 Å². The Kier molecular flexibility index (Phi) is 9.18. The van der Waals surface area contributed by atoms with Gasteiger partial charge in [-0.1, -0.05) is 6.07 Å². The van der Waals surface area contributed by atoms with Crippen LogP contribution in [0.2, 0.25) is 0 Å². The summed E-state index contributed by atoms with van der Waals surface area (Å²) in [5, 5.41) is 24.5. The van der Waals surface area contributed by atoms with Crippen LogP contribution in [0, 0.1) is 0 Å². The molecule has 6 heterocycles. The second kappa shape index (κ2) is 14.0. The third kappa shape index (κ3) is 6.61. The van der Waals surface area contributed by atoms with Gasteiger partial charge in [-0.3, -0.25) is 38.3 Å². The number of aryl methyl sites for hydroxylation is 1. The van der Waals surface area contributed by atoms with Gasteiger partial charge in [0.2, 0.25) is 17.7 Å². The summed E-state index contributed by atoms with van der Waals surface area (Å²) in [6, 6.07) is 6.01. The number of halogens is 2. The van der Waals surface area contributed by atoms with E-state index in [1.807, 2.05) is 12.1 Å². The Labute approximate surface area is 311 Å². The molecule has 3 fully saturated rings. The highest BCUT2D eigenvalue weighted by Gasteiger charge is 2.39. The summed E-state index contributed by atoms with van der Waals surface area (Å²) in [7, 11) is 1.65. The van der Waals surface area contributed by atoms with Crippen molar-refractivity contribution in [1.82, 2.24) is 43.7 Å². The summed E-state index contributed by atoms with van der Waals surface area (Å²) >= 11 is 0. The third-order valence-electron chi connectivity index (χ3n) is 11.1. The molecule has 55 heavy (non-hydrogen) atoms. The highest BCUT2D eigenvalue weighted by atomic mass is 19.3. The molecular formula is C36H39F2N11O6. The van der Waals surface area contributed by atoms with E-state index in [9.17, 15) is 37.9 Å². The number of para-hydroxylation sites is 1. The maximum Gasteiger partial charge on any atom is 0.329 e. The zero-order valence-corrected chi connectivity index (χ0v) is 29.9. The van der Waals surface area contributed by atoms with Crippen molar-refractivity contribution in [3.63, 3.8) is 0 Å². The molecule has 17 nitrogen and oxygen atoms in total. The monoisotopic (exact) mass is 759 g/mol. The fraction of sp³-hybridized carbons (Fsp3) is 0.444. The number of nitrogens with zero attached hydrogens (tertiary/aromatic N) is 9. The van der Waals surface area contributed by atoms with E-state index >= 15 is 0 Å². The van der Waals surface area contributed by atoms with Crippen molar-refractivity contribution in [2.75, 3.05) is 36.4 Å². The van der Waals surface area contributed by atoms with Crippen LogP contribution >= 0.6 is 0 Å². The minimum Gasteiger partial charge on any atom is -0.389 e. The Morgan fingerprint density at radius 1 is 1.07 bits per heavy atom. The number of imide groups is 1. The number of aromatic nitrogens is 7. The number of hydrogen-bond donors (Lipinski definition) is 3. The van der Waals surface area contributed by atoms with Gasteiger partial charge in [0.1, 0.15) is 11.6 Å². The van der Waals surface area contributed by atoms with Crippen molar-refractivity contribution in [1.29, 1.82) is 0 Å². The van der Waals surface area contributed by atoms with Crippen LogP contribution in [-0.4, -0.2) is 98.9 Å². The first-order valence-electron chi connectivity index (χ1n) is 18.2. The van der Waals surface area contributed by atoms with Gasteiger partial charge < -0.3 is 20.2 Å². The molecular weight excluding hydrogens is 720 g/mol. The van der Waals surface area contributed by atoms with Crippen molar-refractivity contribution in [3.8, 4) is 0 Å². The minimum absolute atomic E-state index is 0.0883. The lowest BCUT2D eigenvalue weighted by atomic mass is 9.80. The van der Waals surface area contributed by atoms with Crippen LogP contribution < -0.4 is 21.2 Å². The third-order valence-corrected chi connectivity index (χ3v) is 11.1. The zero-order chi connectivity index (χ0) is 38.6. The standard InChI is InChI=1S/C36H39F2N11O6/c1-44-30-24(4-2-5-25(30)49(35(44)54)26-6-7-27(50)42-34(26)53)45-14-16-46(17-15-45)28(51)18-36(55)10-8-21(9-11-36)48-20-23(29(43-48)31(37)38)41-33(52)22-19-40-47-13-3-12-39-32(22)47/h2-5,12-13,19-21,26,31,55H,6-11,14-18H2,1H3,(H,41,52)(H,42,50,53). The second-order valence-corrected chi connectivity index (χ2v) is 14.4. The van der Waals surface area contributed by atoms with Crippen LogP contribution in [0.1, 0.15) is 79.5 Å². The molecule has 4 amide bonds. The van der Waals surface area contributed by atoms with Gasteiger partial charge in [0.15, 0.2) is 11.3 Å². The predicted molar refractivity (Wildman–Crippen MR) is 193 cm³/mol. The van der Waals surface area contributed by atoms with E-state index in [-0.39, 0.29) is 72.5 Å². The van der Waals surface area contributed by atoms with Crippen LogP contribution in [0.4, 0.5) is 20.2 Å². The first kappa shape index (κ1) is 36.0. The summed E-state index contributed by atoms with van der Waals surface area (Å²) in [6.07, 6.45) is 4.40. The first-order valence-corrected chi connectivity index (χ1v) is 18.2. The molecule has 5 aromatic rings. The molecule has 2 saturated heterocycles. The van der Waals surface area contributed by atoms with Gasteiger partial charge in [-0.05, 0) is 50.3 Å². The SMILES string of the molecule is Cn1c(=O)n(C2CCC(=O)NC2=O)c2cccc(N3CCN(C(=O)CC4(O)CCC(n5cc(NC(=O)c6cnn7cccnc67)c(C(F)F)n5)CC4)CC3)c21. The molecule has 1 aromatic carbocycles. The molecule has 0 radical (unpaired) electrons. The number of piperazine rings is 1. The molecule has 19 heteroatoms. The molecule has 2 aliphatic heterocycles. The van der Waals surface area contributed by atoms with E-state index in [0.717, 1.165) is 5.69 Å². The molecule has 1 atom stereocenters. The average molecular weight is 760 g/mol. The molecule has 8 rings (SSSR count). The van der Waals surface area contributed by atoms with E-state index in [0.29, 0.717) is 50.1 Å². The van der Waals surface area contributed by atoms with Crippen LogP contribution in [0.5, 0.6) is 0 Å². The van der Waals surface area contributed by atoms with Crippen LogP contribution in [0.3, 0.4) is 0 Å². The minimum atomic E-state index is -2.95. The summed E-state index contributed by atoms with van der Waals surface area (Å²) in [5.41, 5.74) is 0.0792. The number of amides is 4. The number of benzene rings is 1. The van der Waals surface area contributed by atoms with Crippen LogP contribution in [-0.2, 0) is 21.4 Å². The Hall–Kier alpha value is -5.98. The predicted octanol–water partition coefficient (Wildman–Crippen LogP) is 2.33. The number of carbonyl (C=O) groups excluding carboxylic acids is 4. The van der Waals surface area contributed by atoms with Crippen molar-refractivity contribution < 1.29 is 33.1 Å². The summed E-state index contributed by atoms with van der Waals surface area (Å²) < 4.78 is 33.8. The number of nitrogens with one attached hydrogen (secondary N) is 2. The number of aliphatic hydroxyl groups is 1. The second-order valence-electron chi connectivity index (χ2n) is 14.4. The van der Waals surface area contributed by atoms with Crippen LogP contribution in [0.15, 0.2) is 53.8 Å². The summed E-state index contributed by atoms with van der Waals surface area (Å²) in [5.74, 6) is -1.71. The van der Waals surface area contributed by atoms with E-state index in [4.69, 9.17) is 0 Å². The van der Waals surface area contributed by atoms with Gasteiger partial charge in [-0.2, -0.15) is 10.2 Å². The van der Waals surface area contributed by atoms with E-state index < -0.39 is 35.6 Å². The molecule has 1 saturated carbocycles. The average Bonchev–Trinajstić information content (AvgIpc) is 3.86. The molecule has 288 valence electrons. The lowest BCUT2D eigenvalue weighted by molar-refractivity contribution is -0.139. The van der Waals surface area contributed by atoms with Crippen molar-refractivity contribution in [3.05, 3.63) is 70.8 Å². The quantitative estimate of drug-likeness (QED) is 0.198. The van der Waals surface area contributed by atoms with Crippen molar-refractivity contribution in [2.45, 2.75) is 69.1 Å². The maximum absolute atomic E-state index is 14.0. The molecule has 4 aromatic heterocycles. The molecule has 3 N–H and O–H groups in total. The summed E-state index contributed by atoms with van der Waals surface area (Å²) in [6.45, 7) is 1.72. The lowest BCUT2D eigenvalue weighted by Gasteiger charge is -2.40. The summed E-state index contributed by atoms with van der Waals surface area (Å²) in [4.78, 5) is 72.2. The molecule has 1 aliphatic carbocycles. The van der Waals surface area contributed by atoms with Gasteiger partial charge in [0.05, 0.1) is 46.7 Å². The molecule has 1 unspecified atom stereocenters. The number of anilines is 2. The topological polar surface area (TPSA) is 194 Å². The van der Waals surface area contributed by atoms with E-state index in [1.165, 1.54) is 36.9 Å². The number of carbonyl (C=O) groups is 4. The number of piperidine rings is 1. The number of alkyl halides is 2. The molecule has 0 bridgehead atoms. The molecule has 3 aliphatic rings. The van der Waals surface area contributed by atoms with Crippen LogP contribution in [0.25, 0.3) is 16.7 Å². The van der Waals surface area contributed by atoms with E-state index in [1.54, 1.807) is 30.3 Å². The largest absolute Gasteiger partial charge is 0.389 e. The van der Waals surface area contributed by atoms with Gasteiger partial charge in [0.25, 0.3) is 12.3 Å². The normalized spacial score (nSPS) is 22.1. The maximum atomic E-state index is 14.0.